The van der Waals surface area contributed by atoms with Gasteiger partial charge in [0.1, 0.15) is 5.58 Å². The van der Waals surface area contributed by atoms with Crippen LogP contribution >= 0.6 is 0 Å². The van der Waals surface area contributed by atoms with Gasteiger partial charge >= 0.3 is 0 Å². The van der Waals surface area contributed by atoms with Crippen LogP contribution in [0.15, 0.2) is 217 Å². The van der Waals surface area contributed by atoms with Gasteiger partial charge in [0.2, 0.25) is 0 Å². The standard InChI is InChI=1S/C52H35NO/c1-4-14-36(15-5-1)42-30-33-46-47-23-13-25-50(52(47)54-51(46)35-42)53(49-24-11-10-21-45(49)39-18-8-3-9-19-39)43-31-28-37(29-32-43)41-27-26-40-20-12-22-44(48(40)34-41)38-16-6-2-7-17-38/h1-35H. The van der Waals surface area contributed by atoms with E-state index in [-0.39, 0.29) is 0 Å². The number of hydrogen-bond acceptors (Lipinski definition) is 2. The third-order valence-electron chi connectivity index (χ3n) is 10.5. The van der Waals surface area contributed by atoms with Gasteiger partial charge in [0, 0.05) is 22.0 Å². The average molecular weight is 690 g/mol. The first-order valence-corrected chi connectivity index (χ1v) is 18.4. The van der Waals surface area contributed by atoms with Gasteiger partial charge in [-0.3, -0.25) is 0 Å². The zero-order chi connectivity index (χ0) is 35.8. The molecule has 10 aromatic rings. The highest BCUT2D eigenvalue weighted by Crippen LogP contribution is 2.46. The van der Waals surface area contributed by atoms with Crippen molar-refractivity contribution in [2.24, 2.45) is 0 Å². The van der Waals surface area contributed by atoms with Crippen LogP contribution in [-0.2, 0) is 0 Å². The van der Waals surface area contributed by atoms with E-state index in [1.807, 2.05) is 6.07 Å². The summed E-state index contributed by atoms with van der Waals surface area (Å²) in [5, 5.41) is 4.67. The molecule has 254 valence electrons. The molecule has 2 nitrogen and oxygen atoms in total. The molecule has 0 N–H and O–H groups in total. The number of benzene rings is 9. The van der Waals surface area contributed by atoms with Gasteiger partial charge in [0.15, 0.2) is 5.58 Å². The van der Waals surface area contributed by atoms with Crippen LogP contribution in [0.3, 0.4) is 0 Å². The van der Waals surface area contributed by atoms with Crippen molar-refractivity contribution in [3.05, 3.63) is 212 Å². The number of nitrogens with zero attached hydrogens (tertiary/aromatic N) is 1. The molecule has 0 aliphatic heterocycles. The maximum atomic E-state index is 6.86. The lowest BCUT2D eigenvalue weighted by Crippen LogP contribution is -2.11. The lowest BCUT2D eigenvalue weighted by Gasteiger charge is -2.28. The first-order valence-electron chi connectivity index (χ1n) is 18.4. The third-order valence-corrected chi connectivity index (χ3v) is 10.5. The summed E-state index contributed by atoms with van der Waals surface area (Å²) in [7, 11) is 0. The predicted octanol–water partition coefficient (Wildman–Crippen LogP) is 14.9. The number of fused-ring (bicyclic) bond motifs is 4. The van der Waals surface area contributed by atoms with Gasteiger partial charge < -0.3 is 9.32 Å². The molecule has 54 heavy (non-hydrogen) atoms. The largest absolute Gasteiger partial charge is 0.454 e. The fraction of sp³-hybridized carbons (Fsp3) is 0. The molecule has 0 saturated carbocycles. The first kappa shape index (κ1) is 31.6. The number of furan rings is 1. The summed E-state index contributed by atoms with van der Waals surface area (Å²) in [6.45, 7) is 0. The minimum absolute atomic E-state index is 0.854. The molecule has 0 unspecified atom stereocenters. The van der Waals surface area contributed by atoms with E-state index in [4.69, 9.17) is 4.42 Å². The molecular formula is C52H35NO. The van der Waals surface area contributed by atoms with Crippen molar-refractivity contribution < 1.29 is 4.42 Å². The van der Waals surface area contributed by atoms with Crippen LogP contribution in [0.4, 0.5) is 17.1 Å². The molecular weight excluding hydrogens is 655 g/mol. The molecule has 0 amide bonds. The van der Waals surface area contributed by atoms with Crippen LogP contribution in [0.2, 0.25) is 0 Å². The molecule has 0 radical (unpaired) electrons. The van der Waals surface area contributed by atoms with E-state index in [9.17, 15) is 0 Å². The quantitative estimate of drug-likeness (QED) is 0.166. The summed E-state index contributed by atoms with van der Waals surface area (Å²) in [6, 6.07) is 75.7. The fourth-order valence-corrected chi connectivity index (χ4v) is 7.83. The summed E-state index contributed by atoms with van der Waals surface area (Å²) < 4.78 is 6.86. The first-order chi connectivity index (χ1) is 26.8. The van der Waals surface area contributed by atoms with Crippen molar-refractivity contribution >= 4 is 49.8 Å². The van der Waals surface area contributed by atoms with Crippen molar-refractivity contribution in [2.75, 3.05) is 4.90 Å². The molecule has 1 heterocycles. The molecule has 0 atom stereocenters. The van der Waals surface area contributed by atoms with Gasteiger partial charge in [0.05, 0.1) is 11.4 Å². The van der Waals surface area contributed by atoms with E-state index in [0.717, 1.165) is 61.3 Å². The average Bonchev–Trinajstić information content (AvgIpc) is 3.63. The Morgan fingerprint density at radius 2 is 0.870 bits per heavy atom. The molecule has 0 saturated heterocycles. The fourth-order valence-electron chi connectivity index (χ4n) is 7.83. The summed E-state index contributed by atoms with van der Waals surface area (Å²) in [5.74, 6) is 0. The topological polar surface area (TPSA) is 16.4 Å². The monoisotopic (exact) mass is 689 g/mol. The molecule has 9 aromatic carbocycles. The molecule has 0 fully saturated rings. The highest BCUT2D eigenvalue weighted by atomic mass is 16.3. The Balaban J connectivity index is 1.13. The zero-order valence-electron chi connectivity index (χ0n) is 29.6. The maximum Gasteiger partial charge on any atom is 0.159 e. The number of hydrogen-bond donors (Lipinski definition) is 0. The van der Waals surface area contributed by atoms with Crippen LogP contribution < -0.4 is 4.90 Å². The predicted molar refractivity (Wildman–Crippen MR) is 228 cm³/mol. The number of anilines is 3. The Morgan fingerprint density at radius 3 is 1.63 bits per heavy atom. The second-order valence-electron chi connectivity index (χ2n) is 13.7. The summed E-state index contributed by atoms with van der Waals surface area (Å²) in [4.78, 5) is 2.35. The lowest BCUT2D eigenvalue weighted by atomic mass is 9.94. The molecule has 2 heteroatoms. The molecule has 1 aromatic heterocycles. The highest BCUT2D eigenvalue weighted by molar-refractivity contribution is 6.11. The Bertz CT molecular complexity index is 2910. The van der Waals surface area contributed by atoms with E-state index in [1.165, 1.54) is 33.0 Å². The van der Waals surface area contributed by atoms with Gasteiger partial charge in [-0.25, -0.2) is 0 Å². The van der Waals surface area contributed by atoms with Gasteiger partial charge in [-0.15, -0.1) is 0 Å². The second kappa shape index (κ2) is 13.4. The van der Waals surface area contributed by atoms with Gasteiger partial charge in [0.25, 0.3) is 0 Å². The van der Waals surface area contributed by atoms with Gasteiger partial charge in [-0.1, -0.05) is 170 Å². The van der Waals surface area contributed by atoms with Crippen LogP contribution in [0.1, 0.15) is 0 Å². The summed E-state index contributed by atoms with van der Waals surface area (Å²) >= 11 is 0. The zero-order valence-corrected chi connectivity index (χ0v) is 29.6. The van der Waals surface area contributed by atoms with Gasteiger partial charge in [-0.2, -0.15) is 0 Å². The molecule has 10 rings (SSSR count). The summed E-state index contributed by atoms with van der Waals surface area (Å²) in [5.41, 5.74) is 14.2. The van der Waals surface area contributed by atoms with Crippen LogP contribution in [0, 0.1) is 0 Å². The van der Waals surface area contributed by atoms with Crippen molar-refractivity contribution in [3.8, 4) is 44.5 Å². The Morgan fingerprint density at radius 1 is 0.315 bits per heavy atom. The minimum atomic E-state index is 0.854. The van der Waals surface area contributed by atoms with E-state index < -0.39 is 0 Å². The Hall–Kier alpha value is -7.16. The van der Waals surface area contributed by atoms with E-state index >= 15 is 0 Å². The number of para-hydroxylation sites is 2. The second-order valence-corrected chi connectivity index (χ2v) is 13.7. The Kier molecular flexibility index (Phi) is 7.85. The molecule has 0 aliphatic carbocycles. The Labute approximate surface area is 314 Å². The third kappa shape index (κ3) is 5.62. The SMILES string of the molecule is c1ccc(-c2ccc3c(c2)oc2c(N(c4ccc(-c5ccc6cccc(-c7ccccc7)c6c5)cc4)c4ccccc4-c4ccccc4)cccc23)cc1. The minimum Gasteiger partial charge on any atom is -0.454 e. The summed E-state index contributed by atoms with van der Waals surface area (Å²) in [6.07, 6.45) is 0. The van der Waals surface area contributed by atoms with E-state index in [1.54, 1.807) is 0 Å². The van der Waals surface area contributed by atoms with Crippen molar-refractivity contribution in [1.82, 2.24) is 0 Å². The van der Waals surface area contributed by atoms with Crippen molar-refractivity contribution in [2.45, 2.75) is 0 Å². The van der Waals surface area contributed by atoms with E-state index in [0.29, 0.717) is 0 Å². The van der Waals surface area contributed by atoms with Crippen molar-refractivity contribution in [1.29, 1.82) is 0 Å². The molecule has 0 spiro atoms. The van der Waals surface area contributed by atoms with Crippen LogP contribution in [0.25, 0.3) is 77.2 Å². The molecule has 0 aliphatic rings. The highest BCUT2D eigenvalue weighted by Gasteiger charge is 2.22. The van der Waals surface area contributed by atoms with Gasteiger partial charge in [-0.05, 0) is 92.2 Å². The van der Waals surface area contributed by atoms with Crippen molar-refractivity contribution in [3.63, 3.8) is 0 Å². The maximum absolute atomic E-state index is 6.86. The van der Waals surface area contributed by atoms with E-state index in [2.05, 4.69) is 211 Å². The molecule has 0 bridgehead atoms. The number of rotatable bonds is 7. The lowest BCUT2D eigenvalue weighted by molar-refractivity contribution is 0.669. The van der Waals surface area contributed by atoms with Crippen LogP contribution in [-0.4, -0.2) is 0 Å². The smallest absolute Gasteiger partial charge is 0.159 e. The normalized spacial score (nSPS) is 11.3. The van der Waals surface area contributed by atoms with Crippen LogP contribution in [0.5, 0.6) is 0 Å².